The number of pyridine rings is 1. The summed E-state index contributed by atoms with van der Waals surface area (Å²) in [6, 6.07) is 3.90. The maximum absolute atomic E-state index is 5.70. The number of hydrogen-bond acceptors (Lipinski definition) is 5. The van der Waals surface area contributed by atoms with Gasteiger partial charge >= 0.3 is 0 Å². The molecular weight excluding hydrogens is 252 g/mol. The van der Waals surface area contributed by atoms with E-state index >= 15 is 0 Å². The van der Waals surface area contributed by atoms with Crippen molar-refractivity contribution in [1.29, 1.82) is 0 Å². The van der Waals surface area contributed by atoms with Gasteiger partial charge in [-0.2, -0.15) is 0 Å². The molecule has 0 atom stereocenters. The Bertz CT molecular complexity index is 584. The highest BCUT2D eigenvalue weighted by atomic mass is 16.5. The molecule has 0 spiro atoms. The van der Waals surface area contributed by atoms with Crippen molar-refractivity contribution in [2.45, 2.75) is 40.3 Å². The van der Waals surface area contributed by atoms with Gasteiger partial charge in [0.15, 0.2) is 0 Å². The number of nitrogens with one attached hydrogen (secondary N) is 1. The third-order valence-corrected chi connectivity index (χ3v) is 2.72. The van der Waals surface area contributed by atoms with Crippen LogP contribution in [0.4, 0.5) is 5.82 Å². The standard InChI is InChI=1S/C15H20N4O/c1-10(2)20-15-13(6-5-7-16-15)9-18-14-12(4)17-8-11(3)19-14/h5-8,10H,9H2,1-4H3,(H,18,19). The molecule has 2 heterocycles. The minimum atomic E-state index is 0.101. The first kappa shape index (κ1) is 14.2. The van der Waals surface area contributed by atoms with Crippen molar-refractivity contribution in [3.63, 3.8) is 0 Å². The molecule has 5 nitrogen and oxygen atoms in total. The molecule has 20 heavy (non-hydrogen) atoms. The Morgan fingerprint density at radius 1 is 1.25 bits per heavy atom. The normalized spacial score (nSPS) is 10.7. The smallest absolute Gasteiger partial charge is 0.218 e. The topological polar surface area (TPSA) is 59.9 Å². The Balaban J connectivity index is 2.12. The molecule has 1 N–H and O–H groups in total. The fourth-order valence-corrected chi connectivity index (χ4v) is 1.77. The van der Waals surface area contributed by atoms with Crippen LogP contribution in [-0.4, -0.2) is 21.1 Å². The van der Waals surface area contributed by atoms with Gasteiger partial charge in [0.25, 0.3) is 0 Å². The first-order chi connectivity index (χ1) is 9.56. The fraction of sp³-hybridized carbons (Fsp3) is 0.400. The summed E-state index contributed by atoms with van der Waals surface area (Å²) in [5.41, 5.74) is 2.78. The largest absolute Gasteiger partial charge is 0.475 e. The van der Waals surface area contributed by atoms with E-state index in [9.17, 15) is 0 Å². The lowest BCUT2D eigenvalue weighted by molar-refractivity contribution is 0.230. The van der Waals surface area contributed by atoms with Gasteiger partial charge in [-0.15, -0.1) is 0 Å². The number of aromatic nitrogens is 3. The monoisotopic (exact) mass is 272 g/mol. The van der Waals surface area contributed by atoms with Gasteiger partial charge in [-0.3, -0.25) is 4.98 Å². The molecule has 0 amide bonds. The molecule has 0 bridgehead atoms. The summed E-state index contributed by atoms with van der Waals surface area (Å²) in [6.45, 7) is 8.44. The van der Waals surface area contributed by atoms with Crippen molar-refractivity contribution in [1.82, 2.24) is 15.0 Å². The molecule has 0 aliphatic carbocycles. The van der Waals surface area contributed by atoms with E-state index in [0.717, 1.165) is 22.8 Å². The van der Waals surface area contributed by atoms with Crippen LogP contribution in [0.15, 0.2) is 24.5 Å². The number of ether oxygens (including phenoxy) is 1. The highest BCUT2D eigenvalue weighted by Gasteiger charge is 2.08. The summed E-state index contributed by atoms with van der Waals surface area (Å²) in [7, 11) is 0. The van der Waals surface area contributed by atoms with Crippen molar-refractivity contribution < 1.29 is 4.74 Å². The van der Waals surface area contributed by atoms with Crippen molar-refractivity contribution in [2.75, 3.05) is 5.32 Å². The lowest BCUT2D eigenvalue weighted by atomic mass is 10.2. The molecular formula is C15H20N4O. The Labute approximate surface area is 119 Å². The van der Waals surface area contributed by atoms with Crippen LogP contribution in [0.2, 0.25) is 0 Å². The molecule has 2 rings (SSSR count). The van der Waals surface area contributed by atoms with Crippen molar-refractivity contribution in [2.24, 2.45) is 0 Å². The first-order valence-corrected chi connectivity index (χ1v) is 6.71. The zero-order valence-electron chi connectivity index (χ0n) is 12.3. The van der Waals surface area contributed by atoms with Gasteiger partial charge in [-0.25, -0.2) is 9.97 Å². The van der Waals surface area contributed by atoms with Gasteiger partial charge in [-0.05, 0) is 33.8 Å². The third-order valence-electron chi connectivity index (χ3n) is 2.72. The van der Waals surface area contributed by atoms with Crippen LogP contribution in [0.1, 0.15) is 30.8 Å². The minimum absolute atomic E-state index is 0.101. The highest BCUT2D eigenvalue weighted by molar-refractivity contribution is 5.41. The van der Waals surface area contributed by atoms with E-state index in [-0.39, 0.29) is 6.10 Å². The van der Waals surface area contributed by atoms with Gasteiger partial charge in [0.1, 0.15) is 5.82 Å². The number of aryl methyl sites for hydroxylation is 2. The summed E-state index contributed by atoms with van der Waals surface area (Å²) in [5.74, 6) is 1.46. The summed E-state index contributed by atoms with van der Waals surface area (Å²) in [4.78, 5) is 13.0. The number of anilines is 1. The van der Waals surface area contributed by atoms with E-state index in [1.807, 2.05) is 39.8 Å². The molecule has 0 saturated carbocycles. The zero-order chi connectivity index (χ0) is 14.5. The minimum Gasteiger partial charge on any atom is -0.475 e. The van der Waals surface area contributed by atoms with Gasteiger partial charge in [0, 0.05) is 24.5 Å². The molecule has 0 fully saturated rings. The van der Waals surface area contributed by atoms with Crippen LogP contribution >= 0.6 is 0 Å². The molecule has 5 heteroatoms. The molecule has 106 valence electrons. The zero-order valence-corrected chi connectivity index (χ0v) is 12.3. The summed E-state index contributed by atoms with van der Waals surface area (Å²) in [6.07, 6.45) is 3.60. The molecule has 0 aliphatic heterocycles. The third kappa shape index (κ3) is 3.66. The van der Waals surface area contributed by atoms with E-state index in [1.54, 1.807) is 12.4 Å². The molecule has 2 aromatic heterocycles. The Hall–Kier alpha value is -2.17. The van der Waals surface area contributed by atoms with Crippen LogP contribution in [-0.2, 0) is 6.54 Å². The van der Waals surface area contributed by atoms with E-state index in [1.165, 1.54) is 0 Å². The van der Waals surface area contributed by atoms with Crippen molar-refractivity contribution in [3.05, 3.63) is 41.5 Å². The van der Waals surface area contributed by atoms with Crippen LogP contribution in [0, 0.1) is 13.8 Å². The van der Waals surface area contributed by atoms with Crippen molar-refractivity contribution >= 4 is 5.82 Å². The second kappa shape index (κ2) is 6.32. The summed E-state index contributed by atoms with van der Waals surface area (Å²) < 4.78 is 5.70. The second-order valence-corrected chi connectivity index (χ2v) is 4.93. The van der Waals surface area contributed by atoms with E-state index in [2.05, 4.69) is 20.3 Å². The van der Waals surface area contributed by atoms with Crippen molar-refractivity contribution in [3.8, 4) is 5.88 Å². The lowest BCUT2D eigenvalue weighted by Gasteiger charge is -2.14. The van der Waals surface area contributed by atoms with Gasteiger partial charge in [0.2, 0.25) is 5.88 Å². The van der Waals surface area contributed by atoms with E-state index in [4.69, 9.17) is 4.74 Å². The van der Waals surface area contributed by atoms with E-state index < -0.39 is 0 Å². The Kier molecular flexibility index (Phi) is 4.50. The lowest BCUT2D eigenvalue weighted by Crippen LogP contribution is -2.11. The maximum Gasteiger partial charge on any atom is 0.218 e. The van der Waals surface area contributed by atoms with Gasteiger partial charge < -0.3 is 10.1 Å². The predicted molar refractivity (Wildman–Crippen MR) is 78.8 cm³/mol. The maximum atomic E-state index is 5.70. The molecule has 0 aromatic carbocycles. The van der Waals surface area contributed by atoms with Gasteiger partial charge in [-0.1, -0.05) is 6.07 Å². The SMILES string of the molecule is Cc1cnc(C)c(NCc2cccnc2OC(C)C)n1. The van der Waals surface area contributed by atoms with Gasteiger partial charge in [0.05, 0.1) is 17.5 Å². The Morgan fingerprint density at radius 3 is 2.80 bits per heavy atom. The summed E-state index contributed by atoms with van der Waals surface area (Å²) in [5, 5.41) is 3.29. The van der Waals surface area contributed by atoms with Crippen LogP contribution in [0.25, 0.3) is 0 Å². The number of hydrogen-bond donors (Lipinski definition) is 1. The van der Waals surface area contributed by atoms with Crippen LogP contribution < -0.4 is 10.1 Å². The Morgan fingerprint density at radius 2 is 2.05 bits per heavy atom. The second-order valence-electron chi connectivity index (χ2n) is 4.93. The average Bonchev–Trinajstić information content (AvgIpc) is 2.41. The highest BCUT2D eigenvalue weighted by Crippen LogP contribution is 2.18. The first-order valence-electron chi connectivity index (χ1n) is 6.71. The molecule has 2 aromatic rings. The summed E-state index contributed by atoms with van der Waals surface area (Å²) >= 11 is 0. The van der Waals surface area contributed by atoms with E-state index in [0.29, 0.717) is 12.4 Å². The quantitative estimate of drug-likeness (QED) is 0.907. The predicted octanol–water partition coefficient (Wildman–Crippen LogP) is 2.89. The molecule has 0 saturated heterocycles. The molecule has 0 aliphatic rings. The number of rotatable bonds is 5. The average molecular weight is 272 g/mol. The molecule has 0 unspecified atom stereocenters. The molecule has 0 radical (unpaired) electrons. The van der Waals surface area contributed by atoms with Crippen LogP contribution in [0.3, 0.4) is 0 Å². The fourth-order valence-electron chi connectivity index (χ4n) is 1.77. The van der Waals surface area contributed by atoms with Crippen LogP contribution in [0.5, 0.6) is 5.88 Å². The number of nitrogens with zero attached hydrogens (tertiary/aromatic N) is 3.